The van der Waals surface area contributed by atoms with Crippen LogP contribution < -0.4 is 15.4 Å². The van der Waals surface area contributed by atoms with Gasteiger partial charge in [-0.15, -0.1) is 0 Å². The highest BCUT2D eigenvalue weighted by Crippen LogP contribution is 2.28. The lowest BCUT2D eigenvalue weighted by Gasteiger charge is -2.20. The van der Waals surface area contributed by atoms with Gasteiger partial charge in [0, 0.05) is 23.8 Å². The van der Waals surface area contributed by atoms with Gasteiger partial charge in [0.05, 0.1) is 17.7 Å². The minimum absolute atomic E-state index is 0.292. The molecule has 1 aliphatic heterocycles. The summed E-state index contributed by atoms with van der Waals surface area (Å²) in [6, 6.07) is 11.8. The smallest absolute Gasteiger partial charge is 0.243 e. The molecule has 0 aromatic heterocycles. The topological polar surface area (TPSA) is 70.7 Å². The number of hydrogen-bond donors (Lipinski definition) is 2. The maximum absolute atomic E-state index is 12.9. The summed E-state index contributed by atoms with van der Waals surface area (Å²) in [4.78, 5) is 0.292. The molecule has 2 aromatic rings. The van der Waals surface area contributed by atoms with E-state index in [0.717, 1.165) is 25.7 Å². The van der Waals surface area contributed by atoms with Gasteiger partial charge < -0.3 is 15.4 Å². The molecular formula is C20H24ClN3O3S2. The molecule has 0 unspecified atom stereocenters. The van der Waals surface area contributed by atoms with Crippen LogP contribution in [0.15, 0.2) is 47.4 Å². The first-order valence-electron chi connectivity index (χ1n) is 9.42. The van der Waals surface area contributed by atoms with E-state index in [4.69, 9.17) is 28.6 Å². The summed E-state index contributed by atoms with van der Waals surface area (Å²) in [7, 11) is -1.90. The maximum atomic E-state index is 12.9. The van der Waals surface area contributed by atoms with E-state index in [9.17, 15) is 8.42 Å². The SMILES string of the molecule is COc1ccc(Cl)cc1NC(=S)Nc1ccc(S(=O)(=O)N2CCCCCC2)cc1. The first-order valence-corrected chi connectivity index (χ1v) is 11.6. The number of rotatable bonds is 5. The fraction of sp³-hybridized carbons (Fsp3) is 0.350. The van der Waals surface area contributed by atoms with Gasteiger partial charge >= 0.3 is 0 Å². The van der Waals surface area contributed by atoms with Crippen molar-refractivity contribution in [2.24, 2.45) is 0 Å². The minimum Gasteiger partial charge on any atom is -0.495 e. The Labute approximate surface area is 182 Å². The van der Waals surface area contributed by atoms with Crippen LogP contribution in [0.2, 0.25) is 5.02 Å². The Morgan fingerprint density at radius 3 is 2.31 bits per heavy atom. The number of ether oxygens (including phenoxy) is 1. The average molecular weight is 454 g/mol. The number of nitrogens with one attached hydrogen (secondary N) is 2. The van der Waals surface area contributed by atoms with E-state index in [-0.39, 0.29) is 0 Å². The molecule has 0 bridgehead atoms. The van der Waals surface area contributed by atoms with Crippen LogP contribution >= 0.6 is 23.8 Å². The van der Waals surface area contributed by atoms with Crippen LogP contribution in [0.25, 0.3) is 0 Å². The Kier molecular flexibility index (Phi) is 7.34. The molecule has 1 fully saturated rings. The highest BCUT2D eigenvalue weighted by molar-refractivity contribution is 7.89. The van der Waals surface area contributed by atoms with E-state index < -0.39 is 10.0 Å². The molecule has 0 amide bonds. The first kappa shape index (κ1) is 21.8. The van der Waals surface area contributed by atoms with Crippen LogP contribution in [-0.2, 0) is 10.0 Å². The van der Waals surface area contributed by atoms with E-state index in [2.05, 4.69) is 10.6 Å². The third kappa shape index (κ3) is 5.60. The lowest BCUT2D eigenvalue weighted by Crippen LogP contribution is -2.31. The van der Waals surface area contributed by atoms with Gasteiger partial charge in [0.2, 0.25) is 10.0 Å². The normalized spacial score (nSPS) is 15.4. The minimum atomic E-state index is -3.47. The van der Waals surface area contributed by atoms with Gasteiger partial charge in [-0.25, -0.2) is 8.42 Å². The quantitative estimate of drug-likeness (QED) is 0.638. The van der Waals surface area contributed by atoms with Gasteiger partial charge in [-0.1, -0.05) is 24.4 Å². The molecule has 29 heavy (non-hydrogen) atoms. The first-order chi connectivity index (χ1) is 13.9. The molecule has 1 heterocycles. The number of halogens is 1. The Balaban J connectivity index is 1.67. The van der Waals surface area contributed by atoms with Crippen molar-refractivity contribution in [3.63, 3.8) is 0 Å². The van der Waals surface area contributed by atoms with Crippen LogP contribution in [0.3, 0.4) is 0 Å². The second kappa shape index (κ2) is 9.75. The maximum Gasteiger partial charge on any atom is 0.243 e. The molecular weight excluding hydrogens is 430 g/mol. The summed E-state index contributed by atoms with van der Waals surface area (Å²) in [5.41, 5.74) is 1.32. The molecule has 3 rings (SSSR count). The molecule has 2 N–H and O–H groups in total. The Morgan fingerprint density at radius 1 is 1.03 bits per heavy atom. The molecule has 0 radical (unpaired) electrons. The van der Waals surface area contributed by atoms with Gasteiger partial charge in [0.1, 0.15) is 5.75 Å². The van der Waals surface area contributed by atoms with E-state index in [1.165, 1.54) is 0 Å². The van der Waals surface area contributed by atoms with Gasteiger partial charge in [0.15, 0.2) is 5.11 Å². The Bertz CT molecular complexity index is 957. The molecule has 0 aliphatic carbocycles. The molecule has 0 saturated carbocycles. The zero-order valence-electron chi connectivity index (χ0n) is 16.2. The Hall–Kier alpha value is -1.87. The number of benzene rings is 2. The van der Waals surface area contributed by atoms with Gasteiger partial charge in [-0.3, -0.25) is 0 Å². The van der Waals surface area contributed by atoms with Crippen molar-refractivity contribution in [2.75, 3.05) is 30.8 Å². The van der Waals surface area contributed by atoms with Crippen molar-refractivity contribution in [3.05, 3.63) is 47.5 Å². The lowest BCUT2D eigenvalue weighted by atomic mass is 10.2. The van der Waals surface area contributed by atoms with Crippen molar-refractivity contribution in [2.45, 2.75) is 30.6 Å². The lowest BCUT2D eigenvalue weighted by molar-refractivity contribution is 0.417. The number of methoxy groups -OCH3 is 1. The summed E-state index contributed by atoms with van der Waals surface area (Å²) in [5.74, 6) is 0.609. The zero-order chi connectivity index (χ0) is 20.9. The van der Waals surface area contributed by atoms with Crippen molar-refractivity contribution in [1.82, 2.24) is 4.31 Å². The fourth-order valence-corrected chi connectivity index (χ4v) is 5.12. The van der Waals surface area contributed by atoms with E-state index in [0.29, 0.717) is 45.2 Å². The Morgan fingerprint density at radius 2 is 1.69 bits per heavy atom. The molecule has 9 heteroatoms. The van der Waals surface area contributed by atoms with Crippen LogP contribution in [-0.4, -0.2) is 38.0 Å². The van der Waals surface area contributed by atoms with Crippen molar-refractivity contribution in [3.8, 4) is 5.75 Å². The second-order valence-corrected chi connectivity index (χ2v) is 9.55. The average Bonchev–Trinajstić information content (AvgIpc) is 2.99. The molecule has 2 aromatic carbocycles. The third-order valence-corrected chi connectivity index (χ3v) is 7.08. The van der Waals surface area contributed by atoms with Gasteiger partial charge in [0.25, 0.3) is 0 Å². The highest BCUT2D eigenvalue weighted by Gasteiger charge is 2.24. The molecule has 1 saturated heterocycles. The third-order valence-electron chi connectivity index (χ3n) is 4.72. The van der Waals surface area contributed by atoms with Crippen molar-refractivity contribution in [1.29, 1.82) is 0 Å². The monoisotopic (exact) mass is 453 g/mol. The number of nitrogens with zero attached hydrogens (tertiary/aromatic N) is 1. The second-order valence-electron chi connectivity index (χ2n) is 6.77. The van der Waals surface area contributed by atoms with Crippen molar-refractivity contribution < 1.29 is 13.2 Å². The molecule has 156 valence electrons. The summed E-state index contributed by atoms with van der Waals surface area (Å²) >= 11 is 11.4. The van der Waals surface area contributed by atoms with Crippen LogP contribution in [0, 0.1) is 0 Å². The number of sulfonamides is 1. The van der Waals surface area contributed by atoms with E-state index >= 15 is 0 Å². The van der Waals surface area contributed by atoms with Crippen molar-refractivity contribution >= 4 is 50.3 Å². The molecule has 0 spiro atoms. The largest absolute Gasteiger partial charge is 0.495 e. The van der Waals surface area contributed by atoms with E-state index in [1.807, 2.05) is 0 Å². The van der Waals surface area contributed by atoms with E-state index in [1.54, 1.807) is 53.9 Å². The molecule has 1 aliphatic rings. The number of thiocarbonyl (C=S) groups is 1. The number of hydrogen-bond acceptors (Lipinski definition) is 4. The van der Waals surface area contributed by atoms with Crippen LogP contribution in [0.1, 0.15) is 25.7 Å². The zero-order valence-corrected chi connectivity index (χ0v) is 18.5. The summed E-state index contributed by atoms with van der Waals surface area (Å²) in [6.07, 6.45) is 3.98. The standard InChI is InChI=1S/C20H24ClN3O3S2/c1-27-19-11-6-15(21)14-18(19)23-20(28)22-16-7-9-17(10-8-16)29(25,26)24-12-4-2-3-5-13-24/h6-11,14H,2-5,12-13H2,1H3,(H2,22,23,28). The predicted molar refractivity (Wildman–Crippen MR) is 122 cm³/mol. The molecule has 6 nitrogen and oxygen atoms in total. The number of anilines is 2. The summed E-state index contributed by atoms with van der Waals surface area (Å²) < 4.78 is 32.6. The molecule has 0 atom stereocenters. The van der Waals surface area contributed by atoms with Gasteiger partial charge in [-0.05, 0) is 67.5 Å². The fourth-order valence-electron chi connectivity index (χ4n) is 3.20. The predicted octanol–water partition coefficient (Wildman–Crippen LogP) is 4.72. The summed E-state index contributed by atoms with van der Waals surface area (Å²) in [6.45, 7) is 1.16. The van der Waals surface area contributed by atoms with Crippen LogP contribution in [0.5, 0.6) is 5.75 Å². The highest BCUT2D eigenvalue weighted by atomic mass is 35.5. The van der Waals surface area contributed by atoms with Gasteiger partial charge in [-0.2, -0.15) is 4.31 Å². The van der Waals surface area contributed by atoms with Crippen LogP contribution in [0.4, 0.5) is 11.4 Å². The summed E-state index contributed by atoms with van der Waals surface area (Å²) in [5, 5.41) is 6.98.